The predicted molar refractivity (Wildman–Crippen MR) is 74.3 cm³/mol. The number of hydrogen-bond acceptors (Lipinski definition) is 3. The van der Waals surface area contributed by atoms with Gasteiger partial charge in [0, 0.05) is 18.0 Å². The summed E-state index contributed by atoms with van der Waals surface area (Å²) in [4.78, 5) is 12.2. The number of nitrogens with one attached hydrogen (secondary N) is 2. The second kappa shape index (κ2) is 5.05. The Labute approximate surface area is 112 Å². The lowest BCUT2D eigenvalue weighted by Crippen LogP contribution is -2.45. The third-order valence-electron chi connectivity index (χ3n) is 3.60. The van der Waals surface area contributed by atoms with Gasteiger partial charge in [0.25, 0.3) is 5.91 Å². The minimum Gasteiger partial charge on any atom is -0.451 e. The van der Waals surface area contributed by atoms with Gasteiger partial charge in [0.05, 0.1) is 0 Å². The number of benzene rings is 1. The van der Waals surface area contributed by atoms with Crippen LogP contribution in [0.25, 0.3) is 11.0 Å². The van der Waals surface area contributed by atoms with E-state index in [4.69, 9.17) is 4.42 Å². The van der Waals surface area contributed by atoms with Crippen molar-refractivity contribution in [3.8, 4) is 0 Å². The molecule has 1 atom stereocenters. The van der Waals surface area contributed by atoms with Gasteiger partial charge in [-0.3, -0.25) is 4.79 Å². The van der Waals surface area contributed by atoms with Crippen molar-refractivity contribution in [1.29, 1.82) is 0 Å². The summed E-state index contributed by atoms with van der Waals surface area (Å²) < 4.78 is 5.67. The summed E-state index contributed by atoms with van der Waals surface area (Å²) in [5.74, 6) is 0.277. The molecular weight excluding hydrogens is 240 g/mol. The number of rotatable bonds is 2. The van der Waals surface area contributed by atoms with Crippen LogP contribution < -0.4 is 10.6 Å². The lowest BCUT2D eigenvalue weighted by molar-refractivity contribution is 0.0905. The van der Waals surface area contributed by atoms with Crippen molar-refractivity contribution < 1.29 is 9.21 Å². The zero-order valence-electron chi connectivity index (χ0n) is 11.0. The summed E-state index contributed by atoms with van der Waals surface area (Å²) in [6.45, 7) is 3.86. The van der Waals surface area contributed by atoms with Crippen LogP contribution in [-0.2, 0) is 0 Å². The fourth-order valence-electron chi connectivity index (χ4n) is 2.55. The number of furan rings is 1. The van der Waals surface area contributed by atoms with Crippen LogP contribution in [0.15, 0.2) is 28.7 Å². The summed E-state index contributed by atoms with van der Waals surface area (Å²) in [6.07, 6.45) is 2.13. The van der Waals surface area contributed by atoms with Gasteiger partial charge in [-0.15, -0.1) is 0 Å². The molecule has 1 amide bonds. The summed E-state index contributed by atoms with van der Waals surface area (Å²) >= 11 is 0. The van der Waals surface area contributed by atoms with Crippen LogP contribution in [0.3, 0.4) is 0 Å². The van der Waals surface area contributed by atoms with Crippen LogP contribution in [0.4, 0.5) is 0 Å². The maximum absolute atomic E-state index is 12.2. The Morgan fingerprint density at radius 1 is 1.47 bits per heavy atom. The van der Waals surface area contributed by atoms with Crippen molar-refractivity contribution in [1.82, 2.24) is 10.6 Å². The van der Waals surface area contributed by atoms with Crippen LogP contribution in [0.2, 0.25) is 0 Å². The molecule has 2 N–H and O–H groups in total. The van der Waals surface area contributed by atoms with Gasteiger partial charge in [-0.25, -0.2) is 0 Å². The maximum atomic E-state index is 12.2. The predicted octanol–water partition coefficient (Wildman–Crippen LogP) is 2.22. The number of amides is 1. The Morgan fingerprint density at radius 3 is 3.11 bits per heavy atom. The fourth-order valence-corrected chi connectivity index (χ4v) is 2.55. The van der Waals surface area contributed by atoms with E-state index in [1.165, 1.54) is 0 Å². The number of aryl methyl sites for hydroxylation is 1. The number of carbonyl (C=O) groups excluding carboxylic acids is 1. The minimum absolute atomic E-state index is 0.121. The van der Waals surface area contributed by atoms with Gasteiger partial charge in [0.15, 0.2) is 5.76 Å². The van der Waals surface area contributed by atoms with E-state index in [1.54, 1.807) is 0 Å². The quantitative estimate of drug-likeness (QED) is 0.868. The summed E-state index contributed by atoms with van der Waals surface area (Å²) in [6, 6.07) is 7.94. The Morgan fingerprint density at radius 2 is 2.37 bits per heavy atom. The molecule has 19 heavy (non-hydrogen) atoms. The highest BCUT2D eigenvalue weighted by atomic mass is 16.3. The molecule has 1 aromatic carbocycles. The van der Waals surface area contributed by atoms with Crippen LogP contribution in [0, 0.1) is 6.92 Å². The van der Waals surface area contributed by atoms with Crippen molar-refractivity contribution >= 4 is 16.9 Å². The number of fused-ring (bicyclic) bond motifs is 1. The lowest BCUT2D eigenvalue weighted by Gasteiger charge is -2.23. The first-order valence-electron chi connectivity index (χ1n) is 6.75. The van der Waals surface area contributed by atoms with Gasteiger partial charge in [0.1, 0.15) is 5.58 Å². The van der Waals surface area contributed by atoms with Crippen LogP contribution >= 0.6 is 0 Å². The van der Waals surface area contributed by atoms with Crippen molar-refractivity contribution in [2.24, 2.45) is 0 Å². The average Bonchev–Trinajstić information content (AvgIpc) is 2.85. The van der Waals surface area contributed by atoms with E-state index < -0.39 is 0 Å². The highest BCUT2D eigenvalue weighted by molar-refractivity contribution is 5.96. The number of para-hydroxylation sites is 1. The van der Waals surface area contributed by atoms with Crippen molar-refractivity contribution in [2.45, 2.75) is 25.8 Å². The van der Waals surface area contributed by atoms with Gasteiger partial charge in [-0.05, 0) is 37.9 Å². The molecule has 2 aromatic rings. The van der Waals surface area contributed by atoms with E-state index in [2.05, 4.69) is 10.6 Å². The molecule has 0 bridgehead atoms. The van der Waals surface area contributed by atoms with Gasteiger partial charge < -0.3 is 15.1 Å². The van der Waals surface area contributed by atoms with E-state index >= 15 is 0 Å². The Bertz CT molecular complexity index is 597. The summed E-state index contributed by atoms with van der Waals surface area (Å²) in [5, 5.41) is 7.28. The molecular formula is C15H18N2O2. The van der Waals surface area contributed by atoms with E-state index in [0.717, 1.165) is 42.5 Å². The normalized spacial score (nSPS) is 19.5. The molecule has 1 aliphatic heterocycles. The van der Waals surface area contributed by atoms with Crippen molar-refractivity contribution in [3.05, 3.63) is 35.6 Å². The molecule has 4 heteroatoms. The standard InChI is InChI=1S/C15H18N2O2/c1-10-4-2-5-11-8-13(19-14(10)11)15(18)17-12-6-3-7-16-9-12/h2,4-5,8,12,16H,3,6-7,9H2,1H3,(H,17,18)/t12-/m0/s1. The van der Waals surface area contributed by atoms with Crippen molar-refractivity contribution in [2.75, 3.05) is 13.1 Å². The molecule has 0 radical (unpaired) electrons. The fraction of sp³-hybridized carbons (Fsp3) is 0.400. The maximum Gasteiger partial charge on any atom is 0.287 e. The topological polar surface area (TPSA) is 54.3 Å². The molecule has 0 saturated carbocycles. The van der Waals surface area contributed by atoms with Crippen molar-refractivity contribution in [3.63, 3.8) is 0 Å². The second-order valence-electron chi connectivity index (χ2n) is 5.12. The number of hydrogen-bond donors (Lipinski definition) is 2. The molecule has 2 heterocycles. The zero-order chi connectivity index (χ0) is 13.2. The zero-order valence-corrected chi connectivity index (χ0v) is 11.0. The van der Waals surface area contributed by atoms with E-state index in [-0.39, 0.29) is 11.9 Å². The SMILES string of the molecule is Cc1cccc2cc(C(=O)N[C@H]3CCCNC3)oc12. The minimum atomic E-state index is -0.121. The van der Waals surface area contributed by atoms with Crippen LogP contribution in [-0.4, -0.2) is 25.0 Å². The van der Waals surface area contributed by atoms with Gasteiger partial charge in [-0.2, -0.15) is 0 Å². The smallest absolute Gasteiger partial charge is 0.287 e. The van der Waals surface area contributed by atoms with Crippen LogP contribution in [0.5, 0.6) is 0 Å². The molecule has 3 rings (SSSR count). The summed E-state index contributed by atoms with van der Waals surface area (Å²) in [7, 11) is 0. The first kappa shape index (κ1) is 12.2. The van der Waals surface area contributed by atoms with Gasteiger partial charge in [0.2, 0.25) is 0 Å². The molecule has 100 valence electrons. The van der Waals surface area contributed by atoms with Gasteiger partial charge >= 0.3 is 0 Å². The number of carbonyl (C=O) groups is 1. The van der Waals surface area contributed by atoms with Gasteiger partial charge in [-0.1, -0.05) is 18.2 Å². The highest BCUT2D eigenvalue weighted by Crippen LogP contribution is 2.22. The third-order valence-corrected chi connectivity index (χ3v) is 3.60. The Kier molecular flexibility index (Phi) is 3.25. The monoisotopic (exact) mass is 258 g/mol. The first-order valence-corrected chi connectivity index (χ1v) is 6.75. The van der Waals surface area contributed by atoms with E-state index in [0.29, 0.717) is 5.76 Å². The summed E-state index contributed by atoms with van der Waals surface area (Å²) in [5.41, 5.74) is 1.85. The second-order valence-corrected chi connectivity index (χ2v) is 5.12. The van der Waals surface area contributed by atoms with E-state index in [1.807, 2.05) is 31.2 Å². The molecule has 0 spiro atoms. The molecule has 0 unspecified atom stereocenters. The molecule has 4 nitrogen and oxygen atoms in total. The van der Waals surface area contributed by atoms with E-state index in [9.17, 15) is 4.79 Å². The van der Waals surface area contributed by atoms with Crippen LogP contribution in [0.1, 0.15) is 29.0 Å². The Balaban J connectivity index is 1.79. The average molecular weight is 258 g/mol. The molecule has 1 aliphatic rings. The lowest BCUT2D eigenvalue weighted by atomic mass is 10.1. The third kappa shape index (κ3) is 2.49. The highest BCUT2D eigenvalue weighted by Gasteiger charge is 2.19. The first-order chi connectivity index (χ1) is 9.24. The largest absolute Gasteiger partial charge is 0.451 e. The Hall–Kier alpha value is -1.81. The molecule has 0 aliphatic carbocycles. The number of piperidine rings is 1. The molecule has 1 fully saturated rings. The molecule has 1 saturated heterocycles. The molecule has 1 aromatic heterocycles.